The molecule has 0 aliphatic heterocycles. The highest BCUT2D eigenvalue weighted by molar-refractivity contribution is 7.98. The number of nitrogens with one attached hydrogen (secondary N) is 1. The molecule has 30 heavy (non-hydrogen) atoms. The van der Waals surface area contributed by atoms with E-state index in [0.717, 1.165) is 29.1 Å². The van der Waals surface area contributed by atoms with Crippen molar-refractivity contribution in [3.63, 3.8) is 0 Å². The molecule has 1 heterocycles. The van der Waals surface area contributed by atoms with Gasteiger partial charge in [0.15, 0.2) is 11.8 Å². The Morgan fingerprint density at radius 2 is 1.70 bits per heavy atom. The Morgan fingerprint density at radius 1 is 1.10 bits per heavy atom. The lowest BCUT2D eigenvalue weighted by atomic mass is 10.1. The number of benzene rings is 1. The summed E-state index contributed by atoms with van der Waals surface area (Å²) >= 11 is 1.43. The van der Waals surface area contributed by atoms with Gasteiger partial charge in [0.25, 0.3) is 5.91 Å². The number of alkyl halides is 3. The Kier molecular flexibility index (Phi) is 8.04. The molecule has 0 bridgehead atoms. The average Bonchev–Trinajstić information content (AvgIpc) is 2.66. The highest BCUT2D eigenvalue weighted by Crippen LogP contribution is 2.24. The van der Waals surface area contributed by atoms with Gasteiger partial charge in [-0.15, -0.1) is 13.2 Å². The Hall–Kier alpha value is -2.82. The third kappa shape index (κ3) is 7.54. The predicted octanol–water partition coefficient (Wildman–Crippen LogP) is 3.83. The van der Waals surface area contributed by atoms with Gasteiger partial charge >= 0.3 is 12.3 Å². The molecule has 1 N–H and O–H groups in total. The molecule has 1 amide bonds. The van der Waals surface area contributed by atoms with Gasteiger partial charge in [-0.05, 0) is 56.4 Å². The van der Waals surface area contributed by atoms with Crippen LogP contribution in [0.1, 0.15) is 23.4 Å². The van der Waals surface area contributed by atoms with Crippen LogP contribution < -0.4 is 10.1 Å². The van der Waals surface area contributed by atoms with Crippen LogP contribution in [0.4, 0.5) is 18.9 Å². The zero-order valence-corrected chi connectivity index (χ0v) is 17.3. The number of carbonyl (C=O) groups excluding carboxylic acids is 2. The number of hydrogen-bond acceptors (Lipinski definition) is 7. The summed E-state index contributed by atoms with van der Waals surface area (Å²) in [5, 5.41) is 3.08. The lowest BCUT2D eigenvalue weighted by molar-refractivity contribution is -0.274. The van der Waals surface area contributed by atoms with Gasteiger partial charge in [0.2, 0.25) is 0 Å². The Balaban J connectivity index is 1.79. The van der Waals surface area contributed by atoms with Crippen molar-refractivity contribution < 1.29 is 32.2 Å². The maximum absolute atomic E-state index is 12.1. The molecule has 1 aromatic carbocycles. The fourth-order valence-corrected chi connectivity index (χ4v) is 3.00. The second-order valence-electron chi connectivity index (χ2n) is 6.14. The van der Waals surface area contributed by atoms with Crippen LogP contribution >= 0.6 is 11.8 Å². The number of nitrogens with zero attached hydrogens (tertiary/aromatic N) is 2. The van der Waals surface area contributed by atoms with Crippen molar-refractivity contribution in [3.8, 4) is 5.75 Å². The molecule has 0 fully saturated rings. The Morgan fingerprint density at radius 3 is 2.23 bits per heavy atom. The van der Waals surface area contributed by atoms with Crippen molar-refractivity contribution >= 4 is 29.3 Å². The number of amides is 1. The van der Waals surface area contributed by atoms with Gasteiger partial charge in [0.1, 0.15) is 5.75 Å². The van der Waals surface area contributed by atoms with Crippen LogP contribution in [0.15, 0.2) is 29.4 Å². The smallest absolute Gasteiger partial charge is 0.456 e. The van der Waals surface area contributed by atoms with Crippen LogP contribution in [0.5, 0.6) is 5.75 Å². The van der Waals surface area contributed by atoms with Crippen molar-refractivity contribution in [1.82, 2.24) is 9.97 Å². The van der Waals surface area contributed by atoms with E-state index in [1.54, 1.807) is 0 Å². The standard InChI is InChI=1S/C19H20F3N3O4S/c1-11-15(12(2)24-18(23-11)30-3)8-9-17(27)28-10-16(26)25-13-4-6-14(7-5-13)29-19(20,21)22/h4-7H,8-10H2,1-3H3,(H,25,26). The zero-order valence-electron chi connectivity index (χ0n) is 16.5. The molecule has 2 aromatic rings. The van der Waals surface area contributed by atoms with E-state index < -0.39 is 30.6 Å². The maximum atomic E-state index is 12.1. The van der Waals surface area contributed by atoms with E-state index in [-0.39, 0.29) is 12.1 Å². The van der Waals surface area contributed by atoms with Gasteiger partial charge < -0.3 is 14.8 Å². The predicted molar refractivity (Wildman–Crippen MR) is 104 cm³/mol. The Bertz CT molecular complexity index is 882. The van der Waals surface area contributed by atoms with Crippen LogP contribution in [-0.2, 0) is 20.7 Å². The maximum Gasteiger partial charge on any atom is 0.573 e. The van der Waals surface area contributed by atoms with Crippen molar-refractivity contribution in [2.24, 2.45) is 0 Å². The molecule has 0 atom stereocenters. The van der Waals surface area contributed by atoms with E-state index in [0.29, 0.717) is 11.6 Å². The minimum absolute atomic E-state index is 0.0560. The number of esters is 1. The third-order valence-electron chi connectivity index (χ3n) is 3.90. The van der Waals surface area contributed by atoms with Gasteiger partial charge in [-0.25, -0.2) is 9.97 Å². The lowest BCUT2D eigenvalue weighted by Gasteiger charge is -2.11. The summed E-state index contributed by atoms with van der Waals surface area (Å²) < 4.78 is 45.1. The Labute approximate surface area is 175 Å². The third-order valence-corrected chi connectivity index (χ3v) is 4.45. The topological polar surface area (TPSA) is 90.4 Å². The number of aryl methyl sites for hydroxylation is 2. The average molecular weight is 443 g/mol. The molecule has 7 nitrogen and oxygen atoms in total. The van der Waals surface area contributed by atoms with E-state index in [9.17, 15) is 22.8 Å². The number of carbonyl (C=O) groups is 2. The van der Waals surface area contributed by atoms with E-state index >= 15 is 0 Å². The van der Waals surface area contributed by atoms with Gasteiger partial charge in [0.05, 0.1) is 0 Å². The van der Waals surface area contributed by atoms with Crippen molar-refractivity contribution in [1.29, 1.82) is 0 Å². The van der Waals surface area contributed by atoms with E-state index in [1.807, 2.05) is 20.1 Å². The number of thioether (sulfide) groups is 1. The number of rotatable bonds is 8. The lowest BCUT2D eigenvalue weighted by Crippen LogP contribution is -2.21. The monoisotopic (exact) mass is 443 g/mol. The van der Waals surface area contributed by atoms with E-state index in [1.165, 1.54) is 23.9 Å². The summed E-state index contributed by atoms with van der Waals surface area (Å²) in [7, 11) is 0. The first-order valence-electron chi connectivity index (χ1n) is 8.77. The van der Waals surface area contributed by atoms with Gasteiger partial charge in [0, 0.05) is 23.5 Å². The van der Waals surface area contributed by atoms with Crippen LogP contribution in [0.2, 0.25) is 0 Å². The summed E-state index contributed by atoms with van der Waals surface area (Å²) in [6.07, 6.45) is -2.48. The van der Waals surface area contributed by atoms with Crippen molar-refractivity contribution in [3.05, 3.63) is 41.2 Å². The summed E-state index contributed by atoms with van der Waals surface area (Å²) in [6.45, 7) is 3.17. The molecule has 0 saturated carbocycles. The normalized spacial score (nSPS) is 11.1. The van der Waals surface area contributed by atoms with Crippen LogP contribution in [-0.4, -0.2) is 41.1 Å². The van der Waals surface area contributed by atoms with Gasteiger partial charge in [-0.2, -0.15) is 0 Å². The molecule has 0 saturated heterocycles. The van der Waals surface area contributed by atoms with Crippen molar-refractivity contribution in [2.45, 2.75) is 38.2 Å². The molecule has 0 aliphatic rings. The van der Waals surface area contributed by atoms with Gasteiger partial charge in [-0.3, -0.25) is 9.59 Å². The number of ether oxygens (including phenoxy) is 2. The minimum atomic E-state index is -4.79. The molecule has 0 unspecified atom stereocenters. The highest BCUT2D eigenvalue weighted by Gasteiger charge is 2.30. The van der Waals surface area contributed by atoms with E-state index in [4.69, 9.17) is 4.74 Å². The number of halogens is 3. The zero-order chi connectivity index (χ0) is 22.3. The molecule has 2 rings (SSSR count). The largest absolute Gasteiger partial charge is 0.573 e. The van der Waals surface area contributed by atoms with Crippen LogP contribution in [0, 0.1) is 13.8 Å². The summed E-state index contributed by atoms with van der Waals surface area (Å²) in [5.74, 6) is -1.59. The first kappa shape index (κ1) is 23.5. The van der Waals surface area contributed by atoms with E-state index in [2.05, 4.69) is 20.0 Å². The molecule has 0 radical (unpaired) electrons. The molecule has 162 valence electrons. The first-order chi connectivity index (χ1) is 14.1. The molecular formula is C19H20F3N3O4S. The first-order valence-corrected chi connectivity index (χ1v) is 9.99. The van der Waals surface area contributed by atoms with Crippen LogP contribution in [0.3, 0.4) is 0 Å². The molecule has 1 aromatic heterocycles. The molecule has 0 aliphatic carbocycles. The quantitative estimate of drug-likeness (QED) is 0.377. The molecule has 11 heteroatoms. The number of anilines is 1. The van der Waals surface area contributed by atoms with Gasteiger partial charge in [-0.1, -0.05) is 11.8 Å². The summed E-state index contributed by atoms with van der Waals surface area (Å²) in [4.78, 5) is 32.5. The van der Waals surface area contributed by atoms with Crippen LogP contribution in [0.25, 0.3) is 0 Å². The minimum Gasteiger partial charge on any atom is -0.456 e. The summed E-state index contributed by atoms with van der Waals surface area (Å²) in [5.41, 5.74) is 2.67. The molecule has 0 spiro atoms. The fraction of sp³-hybridized carbons (Fsp3) is 0.368. The SMILES string of the molecule is CSc1nc(C)c(CCC(=O)OCC(=O)Nc2ccc(OC(F)(F)F)cc2)c(C)n1. The number of hydrogen-bond donors (Lipinski definition) is 1. The van der Waals surface area contributed by atoms with Crippen molar-refractivity contribution in [2.75, 3.05) is 18.2 Å². The molecular weight excluding hydrogens is 423 g/mol. The second-order valence-corrected chi connectivity index (χ2v) is 6.91. The fourth-order valence-electron chi connectivity index (χ4n) is 2.54. The second kappa shape index (κ2) is 10.3. The highest BCUT2D eigenvalue weighted by atomic mass is 32.2. The summed E-state index contributed by atoms with van der Waals surface area (Å²) in [6, 6.07) is 4.60. The number of aromatic nitrogens is 2.